The van der Waals surface area contributed by atoms with Crippen LogP contribution >= 0.6 is 0 Å². The Hall–Kier alpha value is -0.600. The minimum atomic E-state index is -0.101. The highest BCUT2D eigenvalue weighted by molar-refractivity contribution is 5.32. The summed E-state index contributed by atoms with van der Waals surface area (Å²) in [6.45, 7) is 4.96. The van der Waals surface area contributed by atoms with E-state index >= 15 is 0 Å². The standard InChI is InChI=1S/C20H31NO/c1-18-9-4-10-20(18,21-3)17-6-5-14-13-15(22)7-12-19(14,2)16(17)8-11-18/h4-5,9,15-17,21-22H,6-8,10-13H2,1-3H3/t15-,16-,17+,18-,19-,20+/m0/s1. The third-order valence-corrected chi connectivity index (χ3v) is 8.11. The number of hydrogen-bond donors (Lipinski definition) is 2. The van der Waals surface area contributed by atoms with Crippen LogP contribution in [0.25, 0.3) is 0 Å². The van der Waals surface area contributed by atoms with Gasteiger partial charge in [-0.15, -0.1) is 0 Å². The molecule has 2 heteroatoms. The number of fused-ring (bicyclic) bond motifs is 5. The lowest BCUT2D eigenvalue weighted by Gasteiger charge is -2.62. The molecule has 0 heterocycles. The molecule has 0 unspecified atom stereocenters. The number of hydrogen-bond acceptors (Lipinski definition) is 2. The summed E-state index contributed by atoms with van der Waals surface area (Å²) in [5.41, 5.74) is 2.46. The fourth-order valence-electron chi connectivity index (χ4n) is 6.69. The zero-order valence-corrected chi connectivity index (χ0v) is 14.4. The van der Waals surface area contributed by atoms with E-state index in [0.29, 0.717) is 10.8 Å². The van der Waals surface area contributed by atoms with Gasteiger partial charge in [-0.1, -0.05) is 37.6 Å². The predicted octanol–water partition coefficient (Wildman–Crippen LogP) is 3.82. The van der Waals surface area contributed by atoms with Crippen LogP contribution in [0.1, 0.15) is 58.8 Å². The smallest absolute Gasteiger partial charge is 0.0577 e. The molecule has 0 aromatic rings. The van der Waals surface area contributed by atoms with E-state index in [-0.39, 0.29) is 11.6 Å². The summed E-state index contributed by atoms with van der Waals surface area (Å²) in [6.07, 6.45) is 15.4. The Bertz CT molecular complexity index is 538. The van der Waals surface area contributed by atoms with Crippen LogP contribution < -0.4 is 5.32 Å². The van der Waals surface area contributed by atoms with E-state index in [1.165, 1.54) is 32.1 Å². The summed E-state index contributed by atoms with van der Waals surface area (Å²) in [7, 11) is 2.18. The number of allylic oxidation sites excluding steroid dienone is 1. The molecule has 6 atom stereocenters. The van der Waals surface area contributed by atoms with Crippen molar-refractivity contribution >= 4 is 0 Å². The van der Waals surface area contributed by atoms with Gasteiger partial charge in [0.2, 0.25) is 0 Å². The van der Waals surface area contributed by atoms with E-state index < -0.39 is 0 Å². The fraction of sp³-hybridized carbons (Fsp3) is 0.800. The van der Waals surface area contributed by atoms with E-state index in [9.17, 15) is 5.11 Å². The van der Waals surface area contributed by atoms with Crippen LogP contribution in [0.4, 0.5) is 0 Å². The molecule has 0 amide bonds. The molecule has 2 N–H and O–H groups in total. The normalized spacial score (nSPS) is 53.5. The highest BCUT2D eigenvalue weighted by Crippen LogP contribution is 2.64. The van der Waals surface area contributed by atoms with Gasteiger partial charge in [0.25, 0.3) is 0 Å². The van der Waals surface area contributed by atoms with Gasteiger partial charge in [0.05, 0.1) is 6.10 Å². The number of nitrogens with one attached hydrogen (secondary N) is 1. The molecular formula is C20H31NO. The molecule has 4 rings (SSSR count). The monoisotopic (exact) mass is 301 g/mol. The summed E-state index contributed by atoms with van der Waals surface area (Å²) in [4.78, 5) is 0. The Morgan fingerprint density at radius 2 is 2.00 bits per heavy atom. The molecule has 0 radical (unpaired) electrons. The molecule has 0 aliphatic heterocycles. The lowest BCUT2D eigenvalue weighted by molar-refractivity contribution is -0.0561. The molecule has 0 aromatic carbocycles. The Morgan fingerprint density at radius 1 is 1.18 bits per heavy atom. The summed E-state index contributed by atoms with van der Waals surface area (Å²) < 4.78 is 0. The van der Waals surface area contributed by atoms with Crippen molar-refractivity contribution in [3.05, 3.63) is 23.8 Å². The van der Waals surface area contributed by atoms with Crippen LogP contribution in [-0.4, -0.2) is 23.8 Å². The third kappa shape index (κ3) is 1.69. The van der Waals surface area contributed by atoms with Crippen LogP contribution in [0.2, 0.25) is 0 Å². The molecule has 4 aliphatic rings. The summed E-state index contributed by atoms with van der Waals surface area (Å²) in [6, 6.07) is 0. The first kappa shape index (κ1) is 15.0. The maximum Gasteiger partial charge on any atom is 0.0577 e. The Kier molecular flexibility index (Phi) is 3.20. The van der Waals surface area contributed by atoms with Gasteiger partial charge < -0.3 is 10.4 Å². The topological polar surface area (TPSA) is 32.3 Å². The van der Waals surface area contributed by atoms with Crippen LogP contribution in [-0.2, 0) is 0 Å². The predicted molar refractivity (Wildman–Crippen MR) is 90.5 cm³/mol. The van der Waals surface area contributed by atoms with E-state index in [1.54, 1.807) is 5.57 Å². The van der Waals surface area contributed by atoms with Crippen LogP contribution in [0.5, 0.6) is 0 Å². The Morgan fingerprint density at radius 3 is 2.77 bits per heavy atom. The van der Waals surface area contributed by atoms with Gasteiger partial charge in [0.1, 0.15) is 0 Å². The largest absolute Gasteiger partial charge is 0.393 e. The summed E-state index contributed by atoms with van der Waals surface area (Å²) in [5, 5.41) is 13.9. The lowest BCUT2D eigenvalue weighted by Crippen LogP contribution is -2.65. The van der Waals surface area contributed by atoms with Crippen LogP contribution in [0.3, 0.4) is 0 Å². The molecule has 2 fully saturated rings. The van der Waals surface area contributed by atoms with E-state index in [0.717, 1.165) is 24.7 Å². The van der Waals surface area contributed by atoms with E-state index in [1.807, 2.05) is 0 Å². The van der Waals surface area contributed by atoms with Crippen molar-refractivity contribution in [2.75, 3.05) is 7.05 Å². The molecular weight excluding hydrogens is 270 g/mol. The minimum Gasteiger partial charge on any atom is -0.393 e. The highest BCUT2D eigenvalue weighted by atomic mass is 16.3. The first-order chi connectivity index (χ1) is 10.5. The second kappa shape index (κ2) is 4.70. The SMILES string of the molecule is CN[C@@]12CC=C[C@@]1(C)CC[C@H]1[C@H]2CC=C2C[C@@H](O)CC[C@@]21C. The van der Waals surface area contributed by atoms with Gasteiger partial charge in [0.15, 0.2) is 0 Å². The van der Waals surface area contributed by atoms with Crippen LogP contribution in [0, 0.1) is 22.7 Å². The molecule has 0 bridgehead atoms. The highest BCUT2D eigenvalue weighted by Gasteiger charge is 2.61. The van der Waals surface area contributed by atoms with Crippen molar-refractivity contribution < 1.29 is 5.11 Å². The molecule has 0 aromatic heterocycles. The van der Waals surface area contributed by atoms with Crippen LogP contribution in [0.15, 0.2) is 23.8 Å². The van der Waals surface area contributed by atoms with Crippen molar-refractivity contribution in [1.82, 2.24) is 5.32 Å². The second-order valence-corrected chi connectivity index (χ2v) is 8.78. The average Bonchev–Trinajstić information content (AvgIpc) is 2.85. The maximum absolute atomic E-state index is 10.1. The van der Waals surface area contributed by atoms with Gasteiger partial charge in [-0.2, -0.15) is 0 Å². The number of aliphatic hydroxyl groups is 1. The number of aliphatic hydroxyl groups excluding tert-OH is 1. The van der Waals surface area contributed by atoms with Crippen molar-refractivity contribution in [2.24, 2.45) is 22.7 Å². The van der Waals surface area contributed by atoms with Gasteiger partial charge >= 0.3 is 0 Å². The van der Waals surface area contributed by atoms with Crippen molar-refractivity contribution in [1.29, 1.82) is 0 Å². The average molecular weight is 301 g/mol. The molecule has 0 saturated heterocycles. The fourth-order valence-corrected chi connectivity index (χ4v) is 6.69. The molecule has 2 saturated carbocycles. The van der Waals surface area contributed by atoms with E-state index in [2.05, 4.69) is 44.4 Å². The quantitative estimate of drug-likeness (QED) is 0.722. The Balaban J connectivity index is 1.75. The zero-order chi connectivity index (χ0) is 15.6. The molecule has 0 spiro atoms. The third-order valence-electron chi connectivity index (χ3n) is 8.11. The first-order valence-corrected chi connectivity index (χ1v) is 9.19. The minimum absolute atomic E-state index is 0.101. The van der Waals surface area contributed by atoms with Gasteiger partial charge in [-0.05, 0) is 69.2 Å². The second-order valence-electron chi connectivity index (χ2n) is 8.78. The van der Waals surface area contributed by atoms with E-state index in [4.69, 9.17) is 0 Å². The molecule has 22 heavy (non-hydrogen) atoms. The lowest BCUT2D eigenvalue weighted by atomic mass is 9.45. The Labute approximate surface area is 135 Å². The zero-order valence-electron chi connectivity index (χ0n) is 14.4. The van der Waals surface area contributed by atoms with Crippen molar-refractivity contribution in [3.63, 3.8) is 0 Å². The van der Waals surface area contributed by atoms with Gasteiger partial charge in [-0.3, -0.25) is 0 Å². The molecule has 122 valence electrons. The van der Waals surface area contributed by atoms with Crippen molar-refractivity contribution in [2.45, 2.75) is 70.4 Å². The van der Waals surface area contributed by atoms with Gasteiger partial charge in [0, 0.05) is 11.0 Å². The summed E-state index contributed by atoms with van der Waals surface area (Å²) in [5.74, 6) is 1.51. The van der Waals surface area contributed by atoms with Crippen molar-refractivity contribution in [3.8, 4) is 0 Å². The molecule has 4 aliphatic carbocycles. The maximum atomic E-state index is 10.1. The summed E-state index contributed by atoms with van der Waals surface area (Å²) >= 11 is 0. The molecule has 2 nitrogen and oxygen atoms in total. The first-order valence-electron chi connectivity index (χ1n) is 9.19. The number of rotatable bonds is 1. The van der Waals surface area contributed by atoms with Gasteiger partial charge in [-0.25, -0.2) is 0 Å².